The van der Waals surface area contributed by atoms with Crippen molar-refractivity contribution in [1.82, 2.24) is 9.88 Å². The standard InChI is InChI=1S/C16H27N3/c1-13(2)15-7-6-14(10-17-15)19-9-8-16(3,12-19)11-18(4)5/h6-7,10,13H,8-9,11-12H2,1-5H3/t16-/m0/s1. The van der Waals surface area contributed by atoms with Gasteiger partial charge in [-0.25, -0.2) is 0 Å². The summed E-state index contributed by atoms with van der Waals surface area (Å²) < 4.78 is 0. The Kier molecular flexibility index (Phi) is 4.14. The molecular weight excluding hydrogens is 234 g/mol. The third-order valence-corrected chi connectivity index (χ3v) is 3.98. The highest BCUT2D eigenvalue weighted by atomic mass is 15.2. The SMILES string of the molecule is CC(C)c1ccc(N2CC[C@@](C)(CN(C)C)C2)cn1. The topological polar surface area (TPSA) is 19.4 Å². The molecule has 1 aromatic heterocycles. The van der Waals surface area contributed by atoms with E-state index in [9.17, 15) is 0 Å². The number of aromatic nitrogens is 1. The van der Waals surface area contributed by atoms with Crippen LogP contribution < -0.4 is 4.90 Å². The lowest BCUT2D eigenvalue weighted by atomic mass is 9.89. The van der Waals surface area contributed by atoms with Crippen LogP contribution >= 0.6 is 0 Å². The Hall–Kier alpha value is -1.09. The van der Waals surface area contributed by atoms with Crippen LogP contribution in [0.25, 0.3) is 0 Å². The number of rotatable bonds is 4. The van der Waals surface area contributed by atoms with Gasteiger partial charge in [0.15, 0.2) is 0 Å². The fraction of sp³-hybridized carbons (Fsp3) is 0.688. The van der Waals surface area contributed by atoms with E-state index < -0.39 is 0 Å². The van der Waals surface area contributed by atoms with Gasteiger partial charge in [-0.15, -0.1) is 0 Å². The van der Waals surface area contributed by atoms with Crippen LogP contribution in [0.1, 0.15) is 38.8 Å². The molecule has 0 radical (unpaired) electrons. The summed E-state index contributed by atoms with van der Waals surface area (Å²) in [6, 6.07) is 4.39. The van der Waals surface area contributed by atoms with Gasteiger partial charge in [0.1, 0.15) is 0 Å². The van der Waals surface area contributed by atoms with Crippen molar-refractivity contribution in [1.29, 1.82) is 0 Å². The maximum Gasteiger partial charge on any atom is 0.0553 e. The van der Waals surface area contributed by atoms with Gasteiger partial charge in [0, 0.05) is 25.3 Å². The first-order valence-corrected chi connectivity index (χ1v) is 7.25. The molecule has 0 spiro atoms. The fourth-order valence-corrected chi connectivity index (χ4v) is 3.06. The van der Waals surface area contributed by atoms with E-state index in [0.717, 1.165) is 19.6 Å². The smallest absolute Gasteiger partial charge is 0.0553 e. The molecule has 1 fully saturated rings. The first kappa shape index (κ1) is 14.3. The van der Waals surface area contributed by atoms with E-state index in [1.807, 2.05) is 6.20 Å². The van der Waals surface area contributed by atoms with Gasteiger partial charge in [-0.2, -0.15) is 0 Å². The van der Waals surface area contributed by atoms with Crippen molar-refractivity contribution in [2.75, 3.05) is 38.6 Å². The molecule has 3 heteroatoms. The third-order valence-electron chi connectivity index (χ3n) is 3.98. The van der Waals surface area contributed by atoms with Crippen molar-refractivity contribution in [3.8, 4) is 0 Å². The number of nitrogens with zero attached hydrogens (tertiary/aromatic N) is 3. The molecule has 1 aliphatic rings. The van der Waals surface area contributed by atoms with Crippen molar-refractivity contribution >= 4 is 5.69 Å². The molecule has 0 saturated carbocycles. The normalized spacial score (nSPS) is 23.6. The number of hydrogen-bond donors (Lipinski definition) is 0. The Balaban J connectivity index is 2.04. The zero-order valence-electron chi connectivity index (χ0n) is 13.0. The molecule has 106 valence electrons. The van der Waals surface area contributed by atoms with Crippen LogP contribution in [0.3, 0.4) is 0 Å². The van der Waals surface area contributed by atoms with Crippen molar-refractivity contribution in [3.63, 3.8) is 0 Å². The van der Waals surface area contributed by atoms with Gasteiger partial charge in [0.2, 0.25) is 0 Å². The molecule has 1 atom stereocenters. The lowest BCUT2D eigenvalue weighted by Gasteiger charge is -2.28. The Bertz CT molecular complexity index is 411. The summed E-state index contributed by atoms with van der Waals surface area (Å²) in [7, 11) is 4.32. The molecule has 2 heterocycles. The Labute approximate surface area is 117 Å². The first-order valence-electron chi connectivity index (χ1n) is 7.25. The van der Waals surface area contributed by atoms with Gasteiger partial charge >= 0.3 is 0 Å². The average molecular weight is 261 g/mol. The molecule has 0 aromatic carbocycles. The van der Waals surface area contributed by atoms with E-state index >= 15 is 0 Å². The highest BCUT2D eigenvalue weighted by molar-refractivity contribution is 5.46. The van der Waals surface area contributed by atoms with Crippen molar-refractivity contribution in [2.24, 2.45) is 5.41 Å². The van der Waals surface area contributed by atoms with Crippen LogP contribution in [0, 0.1) is 5.41 Å². The molecule has 3 nitrogen and oxygen atoms in total. The summed E-state index contributed by atoms with van der Waals surface area (Å²) in [5.41, 5.74) is 2.85. The van der Waals surface area contributed by atoms with E-state index in [4.69, 9.17) is 0 Å². The number of anilines is 1. The van der Waals surface area contributed by atoms with Gasteiger partial charge in [-0.05, 0) is 44.0 Å². The highest BCUT2D eigenvalue weighted by Crippen LogP contribution is 2.33. The molecule has 1 aliphatic heterocycles. The van der Waals surface area contributed by atoms with Crippen LogP contribution in [0.15, 0.2) is 18.3 Å². The Morgan fingerprint density at radius 3 is 2.63 bits per heavy atom. The largest absolute Gasteiger partial charge is 0.370 e. The second-order valence-electron chi connectivity index (χ2n) is 6.82. The predicted octanol–water partition coefficient (Wildman–Crippen LogP) is 2.98. The van der Waals surface area contributed by atoms with E-state index in [-0.39, 0.29) is 0 Å². The molecule has 0 aliphatic carbocycles. The summed E-state index contributed by atoms with van der Waals surface area (Å²) in [5, 5.41) is 0. The van der Waals surface area contributed by atoms with Crippen molar-refractivity contribution in [2.45, 2.75) is 33.1 Å². The van der Waals surface area contributed by atoms with Gasteiger partial charge in [-0.3, -0.25) is 4.98 Å². The Morgan fingerprint density at radius 1 is 1.37 bits per heavy atom. The van der Waals surface area contributed by atoms with Crippen molar-refractivity contribution < 1.29 is 0 Å². The molecular formula is C16H27N3. The molecule has 1 aromatic rings. The lowest BCUT2D eigenvalue weighted by molar-refractivity contribution is 0.242. The van der Waals surface area contributed by atoms with E-state index in [0.29, 0.717) is 11.3 Å². The molecule has 0 N–H and O–H groups in total. The van der Waals surface area contributed by atoms with Gasteiger partial charge < -0.3 is 9.80 Å². The second kappa shape index (κ2) is 5.49. The molecule has 2 rings (SSSR count). The maximum atomic E-state index is 4.58. The summed E-state index contributed by atoms with van der Waals surface area (Å²) in [6.07, 6.45) is 3.30. The van der Waals surface area contributed by atoms with E-state index in [2.05, 4.69) is 61.8 Å². The van der Waals surface area contributed by atoms with Gasteiger partial charge in [0.05, 0.1) is 11.9 Å². The maximum absolute atomic E-state index is 4.58. The van der Waals surface area contributed by atoms with Crippen molar-refractivity contribution in [3.05, 3.63) is 24.0 Å². The lowest BCUT2D eigenvalue weighted by Crippen LogP contribution is -2.34. The minimum atomic E-state index is 0.403. The summed E-state index contributed by atoms with van der Waals surface area (Å²) in [5.74, 6) is 0.506. The number of hydrogen-bond acceptors (Lipinski definition) is 3. The zero-order valence-corrected chi connectivity index (χ0v) is 13.0. The summed E-state index contributed by atoms with van der Waals surface area (Å²) >= 11 is 0. The van der Waals surface area contributed by atoms with E-state index in [1.165, 1.54) is 17.8 Å². The second-order valence-corrected chi connectivity index (χ2v) is 6.82. The first-order chi connectivity index (χ1) is 8.89. The summed E-state index contributed by atoms with van der Waals surface area (Å²) in [6.45, 7) is 10.2. The van der Waals surface area contributed by atoms with Gasteiger partial charge in [0.25, 0.3) is 0 Å². The average Bonchev–Trinajstić information content (AvgIpc) is 2.70. The van der Waals surface area contributed by atoms with Gasteiger partial charge in [-0.1, -0.05) is 20.8 Å². The molecule has 0 bridgehead atoms. The zero-order chi connectivity index (χ0) is 14.0. The highest BCUT2D eigenvalue weighted by Gasteiger charge is 2.34. The number of pyridine rings is 1. The summed E-state index contributed by atoms with van der Waals surface area (Å²) in [4.78, 5) is 9.35. The predicted molar refractivity (Wildman–Crippen MR) is 81.8 cm³/mol. The minimum absolute atomic E-state index is 0.403. The Morgan fingerprint density at radius 2 is 2.11 bits per heavy atom. The molecule has 0 unspecified atom stereocenters. The van der Waals surface area contributed by atoms with Crippen LogP contribution in [-0.4, -0.2) is 43.6 Å². The van der Waals surface area contributed by atoms with Crippen LogP contribution in [0.4, 0.5) is 5.69 Å². The van der Waals surface area contributed by atoms with Crippen LogP contribution in [-0.2, 0) is 0 Å². The molecule has 0 amide bonds. The molecule has 1 saturated heterocycles. The van der Waals surface area contributed by atoms with Crippen LogP contribution in [0.2, 0.25) is 0 Å². The van der Waals surface area contributed by atoms with Crippen LogP contribution in [0.5, 0.6) is 0 Å². The molecule has 19 heavy (non-hydrogen) atoms. The fourth-order valence-electron chi connectivity index (χ4n) is 3.06. The van der Waals surface area contributed by atoms with E-state index in [1.54, 1.807) is 0 Å². The third kappa shape index (κ3) is 3.47. The minimum Gasteiger partial charge on any atom is -0.370 e. The quantitative estimate of drug-likeness (QED) is 0.830. The monoisotopic (exact) mass is 261 g/mol.